The molecule has 0 radical (unpaired) electrons. The van der Waals surface area contributed by atoms with E-state index >= 15 is 0 Å². The predicted molar refractivity (Wildman–Crippen MR) is 86.5 cm³/mol. The Balaban J connectivity index is 5.43. The molecule has 0 fully saturated rings. The van der Waals surface area contributed by atoms with Crippen molar-refractivity contribution in [2.24, 2.45) is 21.7 Å². The van der Waals surface area contributed by atoms with Crippen LogP contribution in [0.3, 0.4) is 0 Å². The SMILES string of the molecule is CC(C)(C)C(OC(C(C)(C)C)C(C)(C)C)C(C)(C)C. The van der Waals surface area contributed by atoms with Crippen molar-refractivity contribution in [3.63, 3.8) is 0 Å². The molecule has 0 aromatic rings. The fourth-order valence-electron chi connectivity index (χ4n) is 3.55. The quantitative estimate of drug-likeness (QED) is 0.604. The zero-order valence-corrected chi connectivity index (χ0v) is 15.6. The van der Waals surface area contributed by atoms with Crippen LogP contribution in [0.2, 0.25) is 0 Å². The minimum absolute atomic E-state index is 0.146. The summed E-state index contributed by atoms with van der Waals surface area (Å²) in [4.78, 5) is 0. The zero-order chi connectivity index (χ0) is 15.9. The Kier molecular flexibility index (Phi) is 5.38. The molecule has 0 saturated heterocycles. The number of ether oxygens (including phenoxy) is 1. The third kappa shape index (κ3) is 5.85. The summed E-state index contributed by atoms with van der Waals surface area (Å²) in [5.74, 6) is 0. The molecule has 0 heterocycles. The molecule has 0 aromatic heterocycles. The summed E-state index contributed by atoms with van der Waals surface area (Å²) in [5, 5.41) is 0. The van der Waals surface area contributed by atoms with Gasteiger partial charge in [-0.3, -0.25) is 0 Å². The van der Waals surface area contributed by atoms with Gasteiger partial charge in [0.2, 0.25) is 0 Å². The van der Waals surface area contributed by atoms with Gasteiger partial charge in [-0.25, -0.2) is 0 Å². The fourth-order valence-corrected chi connectivity index (χ4v) is 3.55. The molecule has 0 unspecified atom stereocenters. The molecule has 0 aliphatic heterocycles. The minimum Gasteiger partial charge on any atom is -0.373 e. The molecule has 1 nitrogen and oxygen atoms in total. The average molecular weight is 271 g/mol. The van der Waals surface area contributed by atoms with Crippen molar-refractivity contribution in [1.82, 2.24) is 0 Å². The normalized spacial score (nSPS) is 15.5. The second-order valence-electron chi connectivity index (χ2n) is 10.4. The number of rotatable bonds is 2. The van der Waals surface area contributed by atoms with Gasteiger partial charge < -0.3 is 4.74 Å². The lowest BCUT2D eigenvalue weighted by Crippen LogP contribution is -2.50. The number of hydrogen-bond acceptors (Lipinski definition) is 1. The van der Waals surface area contributed by atoms with Crippen molar-refractivity contribution in [3.05, 3.63) is 0 Å². The lowest BCUT2D eigenvalue weighted by Gasteiger charge is -2.49. The zero-order valence-electron chi connectivity index (χ0n) is 15.6. The van der Waals surface area contributed by atoms with Crippen molar-refractivity contribution in [2.75, 3.05) is 0 Å². The maximum absolute atomic E-state index is 6.71. The van der Waals surface area contributed by atoms with Gasteiger partial charge in [-0.15, -0.1) is 0 Å². The van der Waals surface area contributed by atoms with E-state index in [1.165, 1.54) is 0 Å². The van der Waals surface area contributed by atoms with Gasteiger partial charge in [0, 0.05) is 0 Å². The molecule has 0 bridgehead atoms. The predicted octanol–water partition coefficient (Wildman–Crippen LogP) is 5.92. The van der Waals surface area contributed by atoms with E-state index in [9.17, 15) is 0 Å². The van der Waals surface area contributed by atoms with Crippen molar-refractivity contribution in [1.29, 1.82) is 0 Å². The summed E-state index contributed by atoms with van der Waals surface area (Å²) in [6.45, 7) is 27.4. The van der Waals surface area contributed by atoms with Crippen molar-refractivity contribution in [3.8, 4) is 0 Å². The summed E-state index contributed by atoms with van der Waals surface area (Å²) in [5.41, 5.74) is 0.583. The largest absolute Gasteiger partial charge is 0.373 e. The van der Waals surface area contributed by atoms with E-state index in [0.29, 0.717) is 0 Å². The average Bonchev–Trinajstić information content (AvgIpc) is 1.91. The molecule has 0 atom stereocenters. The van der Waals surface area contributed by atoms with Crippen LogP contribution in [-0.4, -0.2) is 12.2 Å². The molecule has 0 N–H and O–H groups in total. The highest BCUT2D eigenvalue weighted by molar-refractivity contribution is 4.91. The van der Waals surface area contributed by atoms with E-state index in [4.69, 9.17) is 4.74 Å². The van der Waals surface area contributed by atoms with Crippen LogP contribution in [0.15, 0.2) is 0 Å². The van der Waals surface area contributed by atoms with Crippen LogP contribution >= 0.6 is 0 Å². The van der Waals surface area contributed by atoms with E-state index < -0.39 is 0 Å². The van der Waals surface area contributed by atoms with Crippen molar-refractivity contribution >= 4 is 0 Å². The first-order valence-electron chi connectivity index (χ1n) is 7.63. The van der Waals surface area contributed by atoms with E-state index in [1.54, 1.807) is 0 Å². The van der Waals surface area contributed by atoms with E-state index in [1.807, 2.05) is 0 Å². The molecule has 19 heavy (non-hydrogen) atoms. The first-order valence-corrected chi connectivity index (χ1v) is 7.63. The minimum atomic E-state index is 0.146. The van der Waals surface area contributed by atoms with Crippen LogP contribution in [0.25, 0.3) is 0 Å². The second kappa shape index (κ2) is 5.39. The third-order valence-corrected chi connectivity index (χ3v) is 3.42. The molecule has 0 amide bonds. The van der Waals surface area contributed by atoms with Gasteiger partial charge in [-0.1, -0.05) is 83.1 Å². The van der Waals surface area contributed by atoms with Gasteiger partial charge in [0.25, 0.3) is 0 Å². The molecular formula is C18H38O. The van der Waals surface area contributed by atoms with Crippen molar-refractivity contribution in [2.45, 2.75) is 95.3 Å². The molecule has 0 saturated carbocycles. The molecule has 116 valence electrons. The van der Waals surface area contributed by atoms with Crippen LogP contribution in [-0.2, 0) is 4.74 Å². The van der Waals surface area contributed by atoms with Gasteiger partial charge in [0.15, 0.2) is 0 Å². The lowest BCUT2D eigenvalue weighted by atomic mass is 9.71. The van der Waals surface area contributed by atoms with Crippen LogP contribution in [0.1, 0.15) is 83.1 Å². The Bertz CT molecular complexity index is 217. The van der Waals surface area contributed by atoms with E-state index in [-0.39, 0.29) is 33.9 Å². The summed E-state index contributed by atoms with van der Waals surface area (Å²) in [6, 6.07) is 0. The van der Waals surface area contributed by atoms with Crippen LogP contribution in [0, 0.1) is 21.7 Å². The summed E-state index contributed by atoms with van der Waals surface area (Å²) in [7, 11) is 0. The Morgan fingerprint density at radius 2 is 0.579 bits per heavy atom. The first kappa shape index (κ1) is 19.0. The Morgan fingerprint density at radius 1 is 0.421 bits per heavy atom. The number of hydrogen-bond donors (Lipinski definition) is 0. The molecule has 0 spiro atoms. The first-order chi connectivity index (χ1) is 7.97. The summed E-state index contributed by atoms with van der Waals surface area (Å²) in [6.07, 6.45) is 0.479. The molecule has 0 aliphatic rings. The second-order valence-corrected chi connectivity index (χ2v) is 10.4. The smallest absolute Gasteiger partial charge is 0.0675 e. The van der Waals surface area contributed by atoms with E-state index in [0.717, 1.165) is 0 Å². The highest BCUT2D eigenvalue weighted by Crippen LogP contribution is 2.43. The molecular weight excluding hydrogens is 232 g/mol. The highest BCUT2D eigenvalue weighted by Gasteiger charge is 2.43. The third-order valence-electron chi connectivity index (χ3n) is 3.42. The standard InChI is InChI=1S/C18H38O/c1-15(2,3)13(16(4,5)6)19-14(17(7,8)9)18(10,11)12/h13-14H,1-12H3. The van der Waals surface area contributed by atoms with Gasteiger partial charge in [-0.05, 0) is 21.7 Å². The van der Waals surface area contributed by atoms with Crippen molar-refractivity contribution < 1.29 is 4.74 Å². The maximum Gasteiger partial charge on any atom is 0.0675 e. The molecule has 0 rings (SSSR count). The van der Waals surface area contributed by atoms with Crippen LogP contribution < -0.4 is 0 Å². The fraction of sp³-hybridized carbons (Fsp3) is 1.00. The summed E-state index contributed by atoms with van der Waals surface area (Å²) < 4.78 is 6.71. The molecule has 0 aromatic carbocycles. The highest BCUT2D eigenvalue weighted by atomic mass is 16.5. The van der Waals surface area contributed by atoms with Gasteiger partial charge >= 0.3 is 0 Å². The molecule has 0 aliphatic carbocycles. The lowest BCUT2D eigenvalue weighted by molar-refractivity contribution is -0.181. The van der Waals surface area contributed by atoms with Gasteiger partial charge in [-0.2, -0.15) is 0 Å². The maximum atomic E-state index is 6.71. The van der Waals surface area contributed by atoms with Crippen LogP contribution in [0.4, 0.5) is 0 Å². The monoisotopic (exact) mass is 270 g/mol. The summed E-state index contributed by atoms with van der Waals surface area (Å²) >= 11 is 0. The Morgan fingerprint density at radius 3 is 0.684 bits per heavy atom. The Labute approximate surface area is 122 Å². The van der Waals surface area contributed by atoms with Gasteiger partial charge in [0.05, 0.1) is 12.2 Å². The van der Waals surface area contributed by atoms with Gasteiger partial charge in [0.1, 0.15) is 0 Å². The van der Waals surface area contributed by atoms with Crippen LogP contribution in [0.5, 0.6) is 0 Å². The molecule has 1 heteroatoms. The van der Waals surface area contributed by atoms with E-state index in [2.05, 4.69) is 83.1 Å². The topological polar surface area (TPSA) is 9.23 Å². The Hall–Kier alpha value is -0.0400.